The molecule has 0 aromatic heterocycles. The van der Waals surface area contributed by atoms with Gasteiger partial charge >= 0.3 is 89.0 Å². The Labute approximate surface area is 89.4 Å². The van der Waals surface area contributed by atoms with Crippen LogP contribution in [0.25, 0.3) is 0 Å². The van der Waals surface area contributed by atoms with Crippen LogP contribution in [0, 0.1) is 10.1 Å². The summed E-state index contributed by atoms with van der Waals surface area (Å²) in [7, 11) is 0. The van der Waals surface area contributed by atoms with Crippen LogP contribution in [0.15, 0.2) is 24.3 Å². The molecule has 6 heteroatoms. The molecule has 0 saturated carbocycles. The molecule has 1 aromatic carbocycles. The SMILES string of the molecule is [Li][C](=O)OCc1ccc([N+](=O)[O-])cc1. The van der Waals surface area contributed by atoms with Crippen LogP contribution in [0.4, 0.5) is 10.5 Å². The molecule has 1 rings (SSSR count). The summed E-state index contributed by atoms with van der Waals surface area (Å²) in [5.74, 6) is 0. The first kappa shape index (κ1) is 10.8. The molecule has 0 fully saturated rings. The van der Waals surface area contributed by atoms with Gasteiger partial charge < -0.3 is 0 Å². The Balaban J connectivity index is 2.64. The Bertz CT molecular complexity index is 349. The summed E-state index contributed by atoms with van der Waals surface area (Å²) in [5, 5.41) is 10.3. The number of non-ortho nitro benzene ring substituents is 1. The second-order valence-corrected chi connectivity index (χ2v) is 2.70. The van der Waals surface area contributed by atoms with E-state index in [0.29, 0.717) is 0 Å². The van der Waals surface area contributed by atoms with Gasteiger partial charge in [0.15, 0.2) is 0 Å². The van der Waals surface area contributed by atoms with Crippen LogP contribution in [0.5, 0.6) is 0 Å². The topological polar surface area (TPSA) is 69.4 Å². The van der Waals surface area contributed by atoms with Gasteiger partial charge in [0.1, 0.15) is 0 Å². The molecule has 0 atom stereocenters. The van der Waals surface area contributed by atoms with Crippen LogP contribution < -0.4 is 0 Å². The number of hydrogen-bond donors (Lipinski definition) is 0. The van der Waals surface area contributed by atoms with Crippen LogP contribution in [-0.4, -0.2) is 27.3 Å². The average Bonchev–Trinajstić information content (AvgIpc) is 2.15. The molecular weight excluding hydrogens is 181 g/mol. The van der Waals surface area contributed by atoms with Crippen LogP contribution >= 0.6 is 0 Å². The molecule has 0 N–H and O–H groups in total. The van der Waals surface area contributed by atoms with Crippen molar-refractivity contribution >= 4 is 28.0 Å². The first-order valence-electron chi connectivity index (χ1n) is 3.96. The average molecular weight is 187 g/mol. The van der Waals surface area contributed by atoms with Gasteiger partial charge in [0.05, 0.1) is 0 Å². The van der Waals surface area contributed by atoms with Crippen molar-refractivity contribution in [1.29, 1.82) is 0 Å². The molecule has 68 valence electrons. The second-order valence-electron chi connectivity index (χ2n) is 2.70. The van der Waals surface area contributed by atoms with Gasteiger partial charge in [0.25, 0.3) is 0 Å². The number of nitro groups is 1. The van der Waals surface area contributed by atoms with Gasteiger partial charge in [0, 0.05) is 0 Å². The minimum absolute atomic E-state index is 0.0246. The summed E-state index contributed by atoms with van der Waals surface area (Å²) in [4.78, 5) is 20.3. The predicted octanol–water partition coefficient (Wildman–Crippen LogP) is 1.40. The van der Waals surface area contributed by atoms with E-state index in [4.69, 9.17) is 4.74 Å². The van der Waals surface area contributed by atoms with Gasteiger partial charge in [-0.15, -0.1) is 0 Å². The van der Waals surface area contributed by atoms with Crippen molar-refractivity contribution in [3.05, 3.63) is 39.9 Å². The molecule has 14 heavy (non-hydrogen) atoms. The number of ether oxygens (including phenoxy) is 1. The monoisotopic (exact) mass is 187 g/mol. The zero-order valence-corrected chi connectivity index (χ0v) is 7.60. The second kappa shape index (κ2) is 4.79. The third-order valence-corrected chi connectivity index (χ3v) is 1.59. The number of carbonyl (C=O) groups excluding carboxylic acids is 1. The zero-order chi connectivity index (χ0) is 10.6. The van der Waals surface area contributed by atoms with Gasteiger partial charge in [-0.25, -0.2) is 0 Å². The number of nitro benzene ring substituents is 1. The summed E-state index contributed by atoms with van der Waals surface area (Å²) in [6, 6.07) is 5.86. The number of rotatable bonds is 3. The number of nitrogens with zero attached hydrogens (tertiary/aromatic N) is 1. The summed E-state index contributed by atoms with van der Waals surface area (Å²) in [5.41, 5.74) is 0.752. The van der Waals surface area contributed by atoms with E-state index in [9.17, 15) is 14.9 Å². The van der Waals surface area contributed by atoms with Gasteiger partial charge in [-0.3, -0.25) is 0 Å². The molecule has 0 saturated heterocycles. The summed E-state index contributed by atoms with van der Waals surface area (Å²) < 4.78 is 4.35. The fourth-order valence-corrected chi connectivity index (χ4v) is 0.899. The standard InChI is InChI=1S/C8H6NO4.Li/c10-6-13-5-7-1-3-8(4-2-7)9(11)12;/h1-4H,5H2;. The van der Waals surface area contributed by atoms with Gasteiger partial charge in [-0.2, -0.15) is 0 Å². The molecule has 0 aliphatic rings. The normalized spacial score (nSPS) is 9.57. The van der Waals surface area contributed by atoms with Crippen molar-refractivity contribution in [3.63, 3.8) is 0 Å². The third-order valence-electron chi connectivity index (χ3n) is 1.59. The van der Waals surface area contributed by atoms with Crippen LogP contribution in [0.2, 0.25) is 0 Å². The van der Waals surface area contributed by atoms with Crippen LogP contribution in [0.3, 0.4) is 0 Å². The van der Waals surface area contributed by atoms with Crippen molar-refractivity contribution in [1.82, 2.24) is 0 Å². The van der Waals surface area contributed by atoms with Crippen molar-refractivity contribution in [3.8, 4) is 0 Å². The van der Waals surface area contributed by atoms with Crippen molar-refractivity contribution in [2.45, 2.75) is 6.61 Å². The van der Waals surface area contributed by atoms with Gasteiger partial charge in [-0.05, 0) is 0 Å². The molecule has 0 amide bonds. The molecule has 5 nitrogen and oxygen atoms in total. The summed E-state index contributed by atoms with van der Waals surface area (Å²) in [6.45, 7) is 0.146. The minimum atomic E-state index is -0.477. The maximum absolute atomic E-state index is 10.5. The molecule has 0 spiro atoms. The maximum atomic E-state index is 10.5. The fraction of sp³-hybridized carbons (Fsp3) is 0.125. The first-order valence-corrected chi connectivity index (χ1v) is 3.96. The summed E-state index contributed by atoms with van der Waals surface area (Å²) >= 11 is 1.31. The molecule has 1 aromatic rings. The molecule has 0 aliphatic heterocycles. The number of benzene rings is 1. The predicted molar refractivity (Wildman–Crippen MR) is 49.0 cm³/mol. The van der Waals surface area contributed by atoms with E-state index in [1.54, 1.807) is 12.1 Å². The fourth-order valence-electron chi connectivity index (χ4n) is 0.899. The quantitative estimate of drug-likeness (QED) is 0.407. The Morgan fingerprint density at radius 1 is 1.43 bits per heavy atom. The summed E-state index contributed by atoms with van der Waals surface area (Å²) in [6.07, 6.45) is 0. The van der Waals surface area contributed by atoms with Crippen LogP contribution in [-0.2, 0) is 11.3 Å². The Kier molecular flexibility index (Phi) is 3.69. The van der Waals surface area contributed by atoms with Crippen molar-refractivity contribution < 1.29 is 14.5 Å². The molecule has 0 radical (unpaired) electrons. The Morgan fingerprint density at radius 2 is 2.00 bits per heavy atom. The molecular formula is C8H6LiNO4. The van der Waals surface area contributed by atoms with E-state index >= 15 is 0 Å². The number of hydrogen-bond acceptors (Lipinski definition) is 4. The van der Waals surface area contributed by atoms with E-state index in [1.165, 1.54) is 29.8 Å². The van der Waals surface area contributed by atoms with E-state index < -0.39 is 4.92 Å². The Morgan fingerprint density at radius 3 is 2.43 bits per heavy atom. The zero-order valence-electron chi connectivity index (χ0n) is 7.60. The number of carbonyl (C=O) groups is 1. The van der Waals surface area contributed by atoms with Crippen molar-refractivity contribution in [2.24, 2.45) is 0 Å². The Hall–Kier alpha value is -1.31. The van der Waals surface area contributed by atoms with E-state index in [-0.39, 0.29) is 16.9 Å². The molecule has 0 heterocycles. The third kappa shape index (κ3) is 3.21. The molecule has 0 bridgehead atoms. The van der Waals surface area contributed by atoms with Crippen LogP contribution in [0.1, 0.15) is 5.56 Å². The first-order chi connectivity index (χ1) is 6.59. The van der Waals surface area contributed by atoms with Gasteiger partial charge in [-0.1, -0.05) is 0 Å². The van der Waals surface area contributed by atoms with Gasteiger partial charge in [0.2, 0.25) is 0 Å². The van der Waals surface area contributed by atoms with Crippen molar-refractivity contribution in [2.75, 3.05) is 0 Å². The molecule has 0 aliphatic carbocycles. The van der Waals surface area contributed by atoms with E-state index in [2.05, 4.69) is 0 Å². The molecule has 0 unspecified atom stereocenters. The van der Waals surface area contributed by atoms with E-state index in [0.717, 1.165) is 5.56 Å². The van der Waals surface area contributed by atoms with E-state index in [1.807, 2.05) is 0 Å².